The van der Waals surface area contributed by atoms with Gasteiger partial charge in [-0.3, -0.25) is 0 Å². The second-order valence-electron chi connectivity index (χ2n) is 10.6. The van der Waals surface area contributed by atoms with Crippen molar-refractivity contribution in [2.45, 2.75) is 0 Å². The van der Waals surface area contributed by atoms with Gasteiger partial charge in [0.1, 0.15) is 0 Å². The number of para-hydroxylation sites is 1. The Morgan fingerprint density at radius 1 is 0.425 bits per heavy atom. The summed E-state index contributed by atoms with van der Waals surface area (Å²) in [6, 6.07) is 51.2. The number of nitrogens with zero attached hydrogens (tertiary/aromatic N) is 1. The molecular weight excluding hydrogens is 502 g/mol. The van der Waals surface area contributed by atoms with Gasteiger partial charge in [-0.15, -0.1) is 11.3 Å². The van der Waals surface area contributed by atoms with E-state index in [0.29, 0.717) is 0 Å². The van der Waals surface area contributed by atoms with E-state index in [0.717, 1.165) is 0 Å². The lowest BCUT2D eigenvalue weighted by Crippen LogP contribution is -1.94. The molecule has 1 nitrogen and oxygen atoms in total. The zero-order valence-corrected chi connectivity index (χ0v) is 22.5. The van der Waals surface area contributed by atoms with Crippen LogP contribution >= 0.6 is 11.3 Å². The summed E-state index contributed by atoms with van der Waals surface area (Å²) in [6.45, 7) is 0. The van der Waals surface area contributed by atoms with Crippen LogP contribution in [0.2, 0.25) is 0 Å². The van der Waals surface area contributed by atoms with Crippen LogP contribution in [0.3, 0.4) is 0 Å². The summed E-state index contributed by atoms with van der Waals surface area (Å²) in [5.41, 5.74) is 6.18. The number of rotatable bonds is 2. The van der Waals surface area contributed by atoms with Crippen LogP contribution in [0.4, 0.5) is 0 Å². The van der Waals surface area contributed by atoms with Gasteiger partial charge in [-0.25, -0.2) is 0 Å². The molecule has 0 saturated heterocycles. The maximum Gasteiger partial charge on any atom is 0.0719 e. The third-order valence-electron chi connectivity index (χ3n) is 8.36. The Bertz CT molecular complexity index is 2440. The van der Waals surface area contributed by atoms with Crippen LogP contribution in [-0.4, -0.2) is 4.57 Å². The molecule has 2 aromatic heterocycles. The quantitative estimate of drug-likeness (QED) is 0.198. The maximum absolute atomic E-state index is 2.47. The van der Waals surface area contributed by atoms with E-state index in [1.807, 2.05) is 11.3 Å². The first-order valence-corrected chi connectivity index (χ1v) is 14.5. The monoisotopic (exact) mass is 525 g/mol. The van der Waals surface area contributed by atoms with E-state index in [1.54, 1.807) is 0 Å². The minimum absolute atomic E-state index is 1.19. The Morgan fingerprint density at radius 2 is 1.12 bits per heavy atom. The van der Waals surface area contributed by atoms with Gasteiger partial charge in [-0.1, -0.05) is 109 Å². The van der Waals surface area contributed by atoms with Crippen LogP contribution in [0.25, 0.3) is 80.3 Å². The summed E-state index contributed by atoms with van der Waals surface area (Å²) in [5.74, 6) is 0. The number of aromatic nitrogens is 1. The van der Waals surface area contributed by atoms with E-state index >= 15 is 0 Å². The molecule has 7 aromatic carbocycles. The van der Waals surface area contributed by atoms with E-state index < -0.39 is 0 Å². The lowest BCUT2D eigenvalue weighted by molar-refractivity contribution is 1.19. The molecule has 40 heavy (non-hydrogen) atoms. The van der Waals surface area contributed by atoms with Gasteiger partial charge in [-0.2, -0.15) is 0 Å². The van der Waals surface area contributed by atoms with Crippen LogP contribution < -0.4 is 0 Å². The van der Waals surface area contributed by atoms with Crippen molar-refractivity contribution in [1.82, 2.24) is 4.57 Å². The summed E-state index contributed by atoms with van der Waals surface area (Å²) in [4.78, 5) is 0. The molecule has 0 bridgehead atoms. The topological polar surface area (TPSA) is 4.93 Å². The standard InChI is InChI=1S/C38H23NS/c1-2-11-29-24(8-1)16-17-25-18-19-27(23-34(25)29)26-9-7-10-28(22-26)39-35-14-5-3-12-30(35)32-20-21-33-31-13-4-6-15-36(31)40-38(33)37(32)39/h1-23H. The van der Waals surface area contributed by atoms with E-state index in [4.69, 9.17) is 0 Å². The Balaban J connectivity index is 1.33. The molecule has 0 aliphatic carbocycles. The molecule has 0 unspecified atom stereocenters. The molecule has 0 aliphatic rings. The Hall–Kier alpha value is -4.92. The minimum Gasteiger partial charge on any atom is -0.308 e. The average molecular weight is 526 g/mol. The van der Waals surface area contributed by atoms with Crippen molar-refractivity contribution in [1.29, 1.82) is 0 Å². The molecule has 0 saturated carbocycles. The summed E-state index contributed by atoms with van der Waals surface area (Å²) in [7, 11) is 0. The summed E-state index contributed by atoms with van der Waals surface area (Å²) < 4.78 is 5.15. The second-order valence-corrected chi connectivity index (χ2v) is 11.6. The van der Waals surface area contributed by atoms with Crippen molar-refractivity contribution in [3.63, 3.8) is 0 Å². The van der Waals surface area contributed by atoms with Gasteiger partial charge in [0.05, 0.1) is 15.7 Å². The van der Waals surface area contributed by atoms with Gasteiger partial charge in [0.25, 0.3) is 0 Å². The van der Waals surface area contributed by atoms with Gasteiger partial charge in [0.15, 0.2) is 0 Å². The normalized spacial score (nSPS) is 12.0. The van der Waals surface area contributed by atoms with Crippen molar-refractivity contribution < 1.29 is 0 Å². The average Bonchev–Trinajstić information content (AvgIpc) is 3.57. The number of benzene rings is 7. The molecule has 0 radical (unpaired) electrons. The first kappa shape index (κ1) is 22.0. The maximum atomic E-state index is 2.47. The molecule has 9 aromatic rings. The van der Waals surface area contributed by atoms with Crippen molar-refractivity contribution >= 4 is 74.9 Å². The van der Waals surface area contributed by atoms with Crippen LogP contribution in [0.1, 0.15) is 0 Å². The molecule has 0 fully saturated rings. The zero-order valence-electron chi connectivity index (χ0n) is 21.6. The fourth-order valence-electron chi connectivity index (χ4n) is 6.51. The third kappa shape index (κ3) is 3.08. The van der Waals surface area contributed by atoms with E-state index in [-0.39, 0.29) is 0 Å². The van der Waals surface area contributed by atoms with Gasteiger partial charge in [-0.05, 0) is 63.0 Å². The highest BCUT2D eigenvalue weighted by molar-refractivity contribution is 7.26. The molecule has 0 atom stereocenters. The number of hydrogen-bond acceptors (Lipinski definition) is 1. The highest BCUT2D eigenvalue weighted by atomic mass is 32.1. The first-order chi connectivity index (χ1) is 19.8. The van der Waals surface area contributed by atoms with Crippen LogP contribution in [-0.2, 0) is 0 Å². The van der Waals surface area contributed by atoms with Crippen LogP contribution in [0.5, 0.6) is 0 Å². The van der Waals surface area contributed by atoms with Gasteiger partial charge >= 0.3 is 0 Å². The van der Waals surface area contributed by atoms with Crippen molar-refractivity contribution in [3.05, 3.63) is 140 Å². The smallest absolute Gasteiger partial charge is 0.0719 e. The number of fused-ring (bicyclic) bond motifs is 10. The van der Waals surface area contributed by atoms with Crippen LogP contribution in [0, 0.1) is 0 Å². The first-order valence-electron chi connectivity index (χ1n) is 13.7. The molecule has 2 heterocycles. The lowest BCUT2D eigenvalue weighted by atomic mass is 9.97. The van der Waals surface area contributed by atoms with E-state index in [9.17, 15) is 0 Å². The van der Waals surface area contributed by atoms with Gasteiger partial charge in [0, 0.05) is 31.9 Å². The number of thiophene rings is 1. The summed E-state index contributed by atoms with van der Waals surface area (Å²) in [6.07, 6.45) is 0. The third-order valence-corrected chi connectivity index (χ3v) is 9.56. The molecule has 2 heteroatoms. The van der Waals surface area contributed by atoms with Crippen molar-refractivity contribution in [3.8, 4) is 16.8 Å². The molecule has 9 rings (SSSR count). The minimum atomic E-state index is 1.19. The largest absolute Gasteiger partial charge is 0.308 e. The molecular formula is C38H23NS. The fourth-order valence-corrected chi connectivity index (χ4v) is 7.75. The Labute approximate surface area is 235 Å². The van der Waals surface area contributed by atoms with Gasteiger partial charge < -0.3 is 4.57 Å². The highest BCUT2D eigenvalue weighted by Crippen LogP contribution is 2.43. The molecule has 0 aliphatic heterocycles. The SMILES string of the molecule is c1cc(-c2ccc3ccc4ccccc4c3c2)cc(-n2c3ccccc3c3ccc4c5ccccc5sc4c32)c1. The van der Waals surface area contributed by atoms with Gasteiger partial charge in [0.2, 0.25) is 0 Å². The Kier molecular flexibility index (Phi) is 4.55. The fraction of sp³-hybridized carbons (Fsp3) is 0. The second kappa shape index (κ2) is 8.29. The van der Waals surface area contributed by atoms with E-state index in [2.05, 4.69) is 144 Å². The predicted octanol–water partition coefficient (Wildman–Crippen LogP) is 11.1. The number of hydrogen-bond donors (Lipinski definition) is 0. The van der Waals surface area contributed by atoms with Crippen molar-refractivity contribution in [2.75, 3.05) is 0 Å². The summed E-state index contributed by atoms with van der Waals surface area (Å²) >= 11 is 1.90. The van der Waals surface area contributed by atoms with E-state index in [1.165, 1.54) is 80.3 Å². The zero-order chi connectivity index (χ0) is 26.2. The molecule has 0 amide bonds. The van der Waals surface area contributed by atoms with Crippen molar-refractivity contribution in [2.24, 2.45) is 0 Å². The Morgan fingerprint density at radius 3 is 2.05 bits per heavy atom. The molecule has 186 valence electrons. The van der Waals surface area contributed by atoms with Crippen LogP contribution in [0.15, 0.2) is 140 Å². The summed E-state index contributed by atoms with van der Waals surface area (Å²) in [5, 5.41) is 10.4. The highest BCUT2D eigenvalue weighted by Gasteiger charge is 2.18. The predicted molar refractivity (Wildman–Crippen MR) is 174 cm³/mol. The lowest BCUT2D eigenvalue weighted by Gasteiger charge is -2.12. The molecule has 0 spiro atoms. The molecule has 0 N–H and O–H groups in total.